The van der Waals surface area contributed by atoms with Gasteiger partial charge in [0.1, 0.15) is 11.3 Å². The molecule has 1 amide bonds. The molecule has 138 valence electrons. The van der Waals surface area contributed by atoms with Crippen LogP contribution in [0.4, 0.5) is 5.69 Å². The monoisotopic (exact) mass is 380 g/mol. The van der Waals surface area contributed by atoms with Crippen LogP contribution in [0, 0.1) is 0 Å². The smallest absolute Gasteiger partial charge is 0.268 e. The maximum absolute atomic E-state index is 13.3. The molecular weight excluding hydrogens is 360 g/mol. The molecule has 1 aromatic heterocycles. The third-order valence-corrected chi connectivity index (χ3v) is 4.83. The molecule has 1 heterocycles. The van der Waals surface area contributed by atoms with Gasteiger partial charge in [-0.2, -0.15) is 12.6 Å². The van der Waals surface area contributed by atoms with Crippen molar-refractivity contribution in [1.29, 1.82) is 0 Å². The average Bonchev–Trinajstić information content (AvgIpc) is 2.70. The summed E-state index contributed by atoms with van der Waals surface area (Å²) in [6.45, 7) is 3.90. The van der Waals surface area contributed by atoms with Crippen LogP contribution in [0.2, 0.25) is 0 Å². The largest absolute Gasteiger partial charge is 0.506 e. The van der Waals surface area contributed by atoms with Crippen LogP contribution < -0.4 is 10.5 Å². The van der Waals surface area contributed by atoms with Crippen molar-refractivity contribution in [3.05, 3.63) is 82.7 Å². The summed E-state index contributed by atoms with van der Waals surface area (Å²) in [5.74, 6) is -0.519. The first-order chi connectivity index (χ1) is 13.0. The Balaban J connectivity index is 2.28. The molecule has 0 radical (unpaired) electrons. The molecule has 0 aliphatic rings. The lowest BCUT2D eigenvalue weighted by Crippen LogP contribution is -2.36. The Bertz CT molecular complexity index is 1070. The first-order valence-corrected chi connectivity index (χ1v) is 9.06. The van der Waals surface area contributed by atoms with Crippen LogP contribution in [0.3, 0.4) is 0 Å². The number of carbonyl (C=O) groups excluding carboxylic acids is 1. The Morgan fingerprint density at radius 1 is 1.22 bits per heavy atom. The molecule has 0 unspecified atom stereocenters. The summed E-state index contributed by atoms with van der Waals surface area (Å²) in [6.07, 6.45) is 1.58. The number of hydrogen-bond donors (Lipinski definition) is 2. The van der Waals surface area contributed by atoms with Gasteiger partial charge in [-0.05, 0) is 23.8 Å². The molecule has 3 aromatic rings. The lowest BCUT2D eigenvalue weighted by molar-refractivity contribution is 0.0985. The van der Waals surface area contributed by atoms with Crippen molar-refractivity contribution in [3.8, 4) is 5.75 Å². The number of aromatic hydroxyl groups is 1. The lowest BCUT2D eigenvalue weighted by atomic mass is 10.0. The molecule has 0 atom stereocenters. The van der Waals surface area contributed by atoms with E-state index in [0.29, 0.717) is 22.3 Å². The molecular formula is C21H20N2O3S. The third-order valence-electron chi connectivity index (χ3n) is 4.49. The fourth-order valence-corrected chi connectivity index (χ4v) is 3.41. The molecule has 0 saturated heterocycles. The van der Waals surface area contributed by atoms with Crippen molar-refractivity contribution in [2.24, 2.45) is 7.05 Å². The van der Waals surface area contributed by atoms with Gasteiger partial charge in [0.2, 0.25) is 0 Å². The maximum atomic E-state index is 13.3. The number of hydrogen-bond acceptors (Lipinski definition) is 4. The standard InChI is InChI=1S/C21H20N2O3S/c1-3-12-23(15-9-5-4-6-10-15)21(26)18-19(24)17-14(13-27)8-7-11-16(17)22(2)20(18)25/h3-11,24,27H,1,12-13H2,2H3. The highest BCUT2D eigenvalue weighted by molar-refractivity contribution is 7.79. The molecule has 27 heavy (non-hydrogen) atoms. The van der Waals surface area contributed by atoms with Crippen molar-refractivity contribution in [1.82, 2.24) is 4.57 Å². The lowest BCUT2D eigenvalue weighted by Gasteiger charge is -2.22. The number of thiol groups is 1. The van der Waals surface area contributed by atoms with Gasteiger partial charge in [0, 0.05) is 30.4 Å². The van der Waals surface area contributed by atoms with Crippen LogP contribution in [0.25, 0.3) is 10.9 Å². The zero-order chi connectivity index (χ0) is 19.6. The van der Waals surface area contributed by atoms with E-state index in [4.69, 9.17) is 0 Å². The van der Waals surface area contributed by atoms with Crippen LogP contribution in [0.1, 0.15) is 15.9 Å². The molecule has 3 rings (SSSR count). The number of pyridine rings is 1. The van der Waals surface area contributed by atoms with Gasteiger partial charge in [-0.15, -0.1) is 6.58 Å². The van der Waals surface area contributed by atoms with Gasteiger partial charge in [0.25, 0.3) is 11.5 Å². The number of amides is 1. The zero-order valence-electron chi connectivity index (χ0n) is 14.9. The van der Waals surface area contributed by atoms with Gasteiger partial charge >= 0.3 is 0 Å². The van der Waals surface area contributed by atoms with E-state index in [1.807, 2.05) is 12.1 Å². The Kier molecular flexibility index (Phi) is 5.37. The normalized spacial score (nSPS) is 10.7. The van der Waals surface area contributed by atoms with Crippen molar-refractivity contribution < 1.29 is 9.90 Å². The van der Waals surface area contributed by atoms with E-state index in [-0.39, 0.29) is 17.9 Å². The second-order valence-corrected chi connectivity index (χ2v) is 6.41. The number of nitrogens with zero attached hydrogens (tertiary/aromatic N) is 2. The molecule has 5 nitrogen and oxygen atoms in total. The first kappa shape index (κ1) is 18.8. The van der Waals surface area contributed by atoms with E-state index in [1.54, 1.807) is 49.5 Å². The Morgan fingerprint density at radius 3 is 2.56 bits per heavy atom. The number of rotatable bonds is 5. The van der Waals surface area contributed by atoms with Crippen LogP contribution in [0.15, 0.2) is 66.0 Å². The number of para-hydroxylation sites is 1. The average molecular weight is 380 g/mol. The molecule has 0 fully saturated rings. The number of anilines is 1. The van der Waals surface area contributed by atoms with Crippen molar-refractivity contribution in [3.63, 3.8) is 0 Å². The molecule has 1 N–H and O–H groups in total. The van der Waals surface area contributed by atoms with E-state index >= 15 is 0 Å². The zero-order valence-corrected chi connectivity index (χ0v) is 15.8. The quantitative estimate of drug-likeness (QED) is 0.526. The Labute approximate surface area is 162 Å². The molecule has 0 aliphatic heterocycles. The minimum atomic E-state index is -0.574. The first-order valence-electron chi connectivity index (χ1n) is 8.43. The molecule has 0 saturated carbocycles. The van der Waals surface area contributed by atoms with Gasteiger partial charge in [-0.25, -0.2) is 0 Å². The van der Waals surface area contributed by atoms with Crippen LogP contribution in [-0.4, -0.2) is 22.1 Å². The van der Waals surface area contributed by atoms with Gasteiger partial charge in [-0.3, -0.25) is 9.59 Å². The fraction of sp³-hybridized carbons (Fsp3) is 0.143. The highest BCUT2D eigenvalue weighted by Gasteiger charge is 2.26. The SMILES string of the molecule is C=CCN(C(=O)c1c(O)c2c(CS)cccc2n(C)c1=O)c1ccccc1. The van der Waals surface area contributed by atoms with E-state index in [0.717, 1.165) is 5.56 Å². The molecule has 0 aliphatic carbocycles. The number of fused-ring (bicyclic) bond motifs is 1. The summed E-state index contributed by atoms with van der Waals surface area (Å²) < 4.78 is 1.38. The molecule has 0 spiro atoms. The predicted molar refractivity (Wildman–Crippen MR) is 112 cm³/mol. The molecule has 2 aromatic carbocycles. The summed E-state index contributed by atoms with van der Waals surface area (Å²) in [4.78, 5) is 27.6. The number of benzene rings is 2. The fourth-order valence-electron chi connectivity index (χ4n) is 3.14. The van der Waals surface area contributed by atoms with Gasteiger partial charge in [0.05, 0.1) is 5.52 Å². The summed E-state index contributed by atoms with van der Waals surface area (Å²) in [5.41, 5.74) is 1.10. The van der Waals surface area contributed by atoms with E-state index < -0.39 is 11.5 Å². The Morgan fingerprint density at radius 2 is 1.93 bits per heavy atom. The van der Waals surface area contributed by atoms with Crippen LogP contribution >= 0.6 is 12.6 Å². The van der Waals surface area contributed by atoms with Crippen molar-refractivity contribution >= 4 is 35.1 Å². The molecule has 0 bridgehead atoms. The summed E-state index contributed by atoms with van der Waals surface area (Å²) >= 11 is 4.30. The Hall–Kier alpha value is -2.99. The predicted octanol–water partition coefficient (Wildman–Crippen LogP) is 3.51. The van der Waals surface area contributed by atoms with Crippen LogP contribution in [-0.2, 0) is 12.8 Å². The number of aryl methyl sites for hydroxylation is 1. The van der Waals surface area contributed by atoms with Crippen molar-refractivity contribution in [2.45, 2.75) is 5.75 Å². The van der Waals surface area contributed by atoms with E-state index in [2.05, 4.69) is 19.2 Å². The van der Waals surface area contributed by atoms with E-state index in [1.165, 1.54) is 9.47 Å². The van der Waals surface area contributed by atoms with Gasteiger partial charge in [-0.1, -0.05) is 36.4 Å². The number of carbonyl (C=O) groups is 1. The summed E-state index contributed by atoms with van der Waals surface area (Å²) in [6, 6.07) is 14.3. The summed E-state index contributed by atoms with van der Waals surface area (Å²) in [7, 11) is 1.59. The second-order valence-electron chi connectivity index (χ2n) is 6.10. The number of aromatic nitrogens is 1. The minimum absolute atomic E-state index is 0.206. The topological polar surface area (TPSA) is 62.5 Å². The van der Waals surface area contributed by atoms with Gasteiger partial charge < -0.3 is 14.6 Å². The molecule has 6 heteroatoms. The van der Waals surface area contributed by atoms with E-state index in [9.17, 15) is 14.7 Å². The van der Waals surface area contributed by atoms with Gasteiger partial charge in [0.15, 0.2) is 0 Å². The van der Waals surface area contributed by atoms with Crippen molar-refractivity contribution in [2.75, 3.05) is 11.4 Å². The maximum Gasteiger partial charge on any atom is 0.268 e. The highest BCUT2D eigenvalue weighted by atomic mass is 32.1. The summed E-state index contributed by atoms with van der Waals surface area (Å²) in [5, 5.41) is 11.3. The second kappa shape index (κ2) is 7.72. The third kappa shape index (κ3) is 3.24. The van der Waals surface area contributed by atoms with Crippen LogP contribution in [0.5, 0.6) is 5.75 Å². The minimum Gasteiger partial charge on any atom is -0.506 e. The highest BCUT2D eigenvalue weighted by Crippen LogP contribution is 2.31.